The van der Waals surface area contributed by atoms with E-state index in [1.165, 1.54) is 11.8 Å². The lowest BCUT2D eigenvalue weighted by Crippen LogP contribution is -2.41. The number of carboxylic acid groups (broad SMARTS) is 1. The Morgan fingerprint density at radius 1 is 1.32 bits per heavy atom. The van der Waals surface area contributed by atoms with Crippen molar-refractivity contribution in [2.24, 2.45) is 5.92 Å². The number of thioether (sulfide) groups is 1. The molecule has 2 amide bonds. The van der Waals surface area contributed by atoms with Gasteiger partial charge in [-0.15, -0.1) is 11.8 Å². The highest BCUT2D eigenvalue weighted by Gasteiger charge is 2.34. The molecule has 7 heteroatoms. The first kappa shape index (κ1) is 14.2. The largest absolute Gasteiger partial charge is 0.480 e. The molecule has 2 aliphatic heterocycles. The van der Waals surface area contributed by atoms with Crippen molar-refractivity contribution in [3.05, 3.63) is 0 Å². The Morgan fingerprint density at radius 3 is 2.68 bits per heavy atom. The van der Waals surface area contributed by atoms with Gasteiger partial charge in [-0.2, -0.15) is 0 Å². The highest BCUT2D eigenvalue weighted by molar-refractivity contribution is 8.02. The third kappa shape index (κ3) is 3.86. The van der Waals surface area contributed by atoms with Crippen LogP contribution in [0.5, 0.6) is 0 Å². The van der Waals surface area contributed by atoms with Gasteiger partial charge >= 0.3 is 5.97 Å². The molecule has 0 saturated carbocycles. The van der Waals surface area contributed by atoms with Crippen molar-refractivity contribution in [3.63, 3.8) is 0 Å². The second-order valence-electron chi connectivity index (χ2n) is 4.98. The van der Waals surface area contributed by atoms with Crippen LogP contribution in [-0.4, -0.2) is 46.5 Å². The molecule has 0 aromatic rings. The Morgan fingerprint density at radius 2 is 2.05 bits per heavy atom. The predicted molar refractivity (Wildman–Crippen MR) is 70.8 cm³/mol. The zero-order chi connectivity index (χ0) is 13.8. The van der Waals surface area contributed by atoms with Gasteiger partial charge in [-0.25, -0.2) is 0 Å². The number of nitrogens with one attached hydrogen (secondary N) is 2. The minimum atomic E-state index is -0.843. The van der Waals surface area contributed by atoms with Crippen LogP contribution in [0.4, 0.5) is 0 Å². The number of rotatable bonds is 4. The van der Waals surface area contributed by atoms with Crippen LogP contribution in [0.3, 0.4) is 0 Å². The zero-order valence-corrected chi connectivity index (χ0v) is 11.4. The molecule has 3 atom stereocenters. The summed E-state index contributed by atoms with van der Waals surface area (Å²) in [5.41, 5.74) is 0. The molecule has 2 heterocycles. The maximum Gasteiger partial charge on any atom is 0.316 e. The fourth-order valence-corrected chi connectivity index (χ4v) is 3.66. The molecular formula is C12H18N2O4S. The molecule has 0 spiro atoms. The summed E-state index contributed by atoms with van der Waals surface area (Å²) in [5, 5.41) is 13.7. The molecule has 2 rings (SSSR count). The van der Waals surface area contributed by atoms with Gasteiger partial charge in [0.15, 0.2) is 0 Å². The maximum absolute atomic E-state index is 11.9. The van der Waals surface area contributed by atoms with Crippen molar-refractivity contribution < 1.29 is 19.5 Å². The molecule has 2 saturated heterocycles. The van der Waals surface area contributed by atoms with E-state index in [2.05, 4.69) is 10.6 Å². The van der Waals surface area contributed by atoms with Gasteiger partial charge in [0.25, 0.3) is 0 Å². The molecule has 0 radical (unpaired) electrons. The summed E-state index contributed by atoms with van der Waals surface area (Å²) in [7, 11) is 0. The Balaban J connectivity index is 1.73. The monoisotopic (exact) mass is 286 g/mol. The van der Waals surface area contributed by atoms with Crippen LogP contribution in [0.15, 0.2) is 0 Å². The van der Waals surface area contributed by atoms with Gasteiger partial charge in [0, 0.05) is 19.5 Å². The predicted octanol–water partition coefficient (Wildman–Crippen LogP) is -0.0224. The molecule has 19 heavy (non-hydrogen) atoms. The van der Waals surface area contributed by atoms with Gasteiger partial charge in [-0.05, 0) is 25.2 Å². The van der Waals surface area contributed by atoms with E-state index in [0.29, 0.717) is 32.4 Å². The smallest absolute Gasteiger partial charge is 0.316 e. The molecule has 106 valence electrons. The van der Waals surface area contributed by atoms with E-state index in [4.69, 9.17) is 5.11 Å². The summed E-state index contributed by atoms with van der Waals surface area (Å²) >= 11 is 1.22. The number of hydrogen-bond acceptors (Lipinski definition) is 4. The first-order valence-corrected chi connectivity index (χ1v) is 7.43. The van der Waals surface area contributed by atoms with Gasteiger partial charge < -0.3 is 15.7 Å². The van der Waals surface area contributed by atoms with Crippen LogP contribution in [-0.2, 0) is 14.4 Å². The van der Waals surface area contributed by atoms with Crippen LogP contribution in [0.2, 0.25) is 0 Å². The van der Waals surface area contributed by atoms with E-state index < -0.39 is 11.2 Å². The van der Waals surface area contributed by atoms with Crippen LogP contribution < -0.4 is 10.6 Å². The number of carbonyl (C=O) groups excluding carboxylic acids is 2. The van der Waals surface area contributed by atoms with E-state index >= 15 is 0 Å². The van der Waals surface area contributed by atoms with Gasteiger partial charge in [0.2, 0.25) is 11.8 Å². The second kappa shape index (κ2) is 6.27. The normalized spacial score (nSPS) is 30.7. The van der Waals surface area contributed by atoms with Crippen molar-refractivity contribution in [2.45, 2.75) is 36.2 Å². The minimum Gasteiger partial charge on any atom is -0.480 e. The van der Waals surface area contributed by atoms with Gasteiger partial charge in [-0.3, -0.25) is 14.4 Å². The summed E-state index contributed by atoms with van der Waals surface area (Å²) < 4.78 is 0. The number of carbonyl (C=O) groups is 3. The first-order chi connectivity index (χ1) is 9.06. The van der Waals surface area contributed by atoms with E-state index in [1.807, 2.05) is 0 Å². The standard InChI is InChI=1S/C12H18N2O4S/c15-10-5-7(3-4-13-10)6-14-11(16)8-1-2-9(19-8)12(17)18/h7-9H,1-6H2,(H,13,15)(H,14,16)(H,17,18)/t7?,8-,9+/m0/s1. The molecule has 1 unspecified atom stereocenters. The molecule has 2 fully saturated rings. The van der Waals surface area contributed by atoms with Crippen LogP contribution in [0.1, 0.15) is 25.7 Å². The fraction of sp³-hybridized carbons (Fsp3) is 0.750. The van der Waals surface area contributed by atoms with E-state index in [-0.39, 0.29) is 23.0 Å². The van der Waals surface area contributed by atoms with E-state index in [9.17, 15) is 14.4 Å². The van der Waals surface area contributed by atoms with Crippen molar-refractivity contribution in [1.29, 1.82) is 0 Å². The maximum atomic E-state index is 11.9. The number of aliphatic carboxylic acids is 1. The van der Waals surface area contributed by atoms with E-state index in [1.54, 1.807) is 0 Å². The highest BCUT2D eigenvalue weighted by Crippen LogP contribution is 2.33. The van der Waals surface area contributed by atoms with Gasteiger partial charge in [0.1, 0.15) is 5.25 Å². The number of carboxylic acids is 1. The highest BCUT2D eigenvalue weighted by atomic mass is 32.2. The van der Waals surface area contributed by atoms with Gasteiger partial charge in [-0.1, -0.05) is 0 Å². The molecule has 3 N–H and O–H groups in total. The molecule has 0 aromatic carbocycles. The average Bonchev–Trinajstić information content (AvgIpc) is 2.86. The topological polar surface area (TPSA) is 95.5 Å². The number of piperidine rings is 1. The Bertz CT molecular complexity index is 388. The molecule has 6 nitrogen and oxygen atoms in total. The lowest BCUT2D eigenvalue weighted by atomic mass is 9.97. The average molecular weight is 286 g/mol. The van der Waals surface area contributed by atoms with Crippen molar-refractivity contribution in [2.75, 3.05) is 13.1 Å². The lowest BCUT2D eigenvalue weighted by Gasteiger charge is -2.22. The summed E-state index contributed by atoms with van der Waals surface area (Å²) in [6, 6.07) is 0. The first-order valence-electron chi connectivity index (χ1n) is 6.49. The Kier molecular flexibility index (Phi) is 4.68. The number of hydrogen-bond donors (Lipinski definition) is 3. The summed E-state index contributed by atoms with van der Waals surface area (Å²) in [6.45, 7) is 1.17. The fourth-order valence-electron chi connectivity index (χ4n) is 2.40. The van der Waals surface area contributed by atoms with Crippen molar-refractivity contribution in [3.8, 4) is 0 Å². The summed E-state index contributed by atoms with van der Waals surface area (Å²) in [4.78, 5) is 33.9. The summed E-state index contributed by atoms with van der Waals surface area (Å²) in [5.74, 6) is -0.713. The van der Waals surface area contributed by atoms with Crippen molar-refractivity contribution in [1.82, 2.24) is 10.6 Å². The molecule has 0 aromatic heterocycles. The van der Waals surface area contributed by atoms with Crippen LogP contribution in [0, 0.1) is 5.92 Å². The summed E-state index contributed by atoms with van der Waals surface area (Å²) in [6.07, 6.45) is 2.49. The molecule has 2 aliphatic rings. The lowest BCUT2D eigenvalue weighted by molar-refractivity contribution is -0.136. The van der Waals surface area contributed by atoms with E-state index in [0.717, 1.165) is 6.42 Å². The second-order valence-corrected chi connectivity index (χ2v) is 6.39. The number of amides is 2. The minimum absolute atomic E-state index is 0.0340. The quantitative estimate of drug-likeness (QED) is 0.675. The Hall–Kier alpha value is -1.24. The Labute approximate surface area is 115 Å². The molecule has 0 bridgehead atoms. The third-order valence-electron chi connectivity index (χ3n) is 3.50. The van der Waals surface area contributed by atoms with Gasteiger partial charge in [0.05, 0.1) is 5.25 Å². The van der Waals surface area contributed by atoms with Crippen LogP contribution in [0.25, 0.3) is 0 Å². The SMILES string of the molecule is O=C1CC(CNC(=O)[C@@H]2CC[C@H](C(=O)O)S2)CCN1. The third-order valence-corrected chi connectivity index (χ3v) is 5.05. The van der Waals surface area contributed by atoms with Crippen LogP contribution >= 0.6 is 11.8 Å². The van der Waals surface area contributed by atoms with Crippen molar-refractivity contribution >= 4 is 29.5 Å². The molecular weight excluding hydrogens is 268 g/mol. The molecule has 0 aliphatic carbocycles. The zero-order valence-electron chi connectivity index (χ0n) is 10.6.